The molecule has 4 aromatic heterocycles. The van der Waals surface area contributed by atoms with Gasteiger partial charge in [-0.3, -0.25) is 9.78 Å². The fraction of sp³-hybridized carbons (Fsp3) is 0.143. The van der Waals surface area contributed by atoms with Crippen LogP contribution in [-0.2, 0) is 0 Å². The minimum Gasteiger partial charge on any atom is -0.367 e. The fourth-order valence-electron chi connectivity index (χ4n) is 3.00. The highest BCUT2D eigenvalue weighted by Crippen LogP contribution is 2.26. The van der Waals surface area contributed by atoms with Crippen LogP contribution in [0.25, 0.3) is 21.9 Å². The predicted octanol–water partition coefficient (Wildman–Crippen LogP) is 3.94. The zero-order valence-corrected chi connectivity index (χ0v) is 15.6. The molecule has 0 aliphatic heterocycles. The van der Waals surface area contributed by atoms with E-state index in [9.17, 15) is 4.79 Å². The van der Waals surface area contributed by atoms with E-state index >= 15 is 0 Å². The molecular formula is C21H20N6O. The molecule has 28 heavy (non-hydrogen) atoms. The summed E-state index contributed by atoms with van der Waals surface area (Å²) in [5.41, 5.74) is 1.84. The van der Waals surface area contributed by atoms with Gasteiger partial charge in [-0.25, -0.2) is 9.97 Å². The monoisotopic (exact) mass is 372 g/mol. The van der Waals surface area contributed by atoms with Crippen LogP contribution in [0.3, 0.4) is 0 Å². The number of pyridine rings is 4. The van der Waals surface area contributed by atoms with Gasteiger partial charge in [-0.15, -0.1) is 0 Å². The first-order valence-corrected chi connectivity index (χ1v) is 9.02. The quantitative estimate of drug-likeness (QED) is 0.491. The molecule has 0 aliphatic rings. The standard InChI is InChI=1S/C21H20N6O/c1-13(2)25-20-19-15(6-9-24-21(19)28)11-18(27-20)26-17-10-14(5-8-23-17)16-4-3-7-22-12-16/h3-13H,1-2H3,(H,24,28)(H2,23,25,26,27). The number of aromatic amines is 1. The summed E-state index contributed by atoms with van der Waals surface area (Å²) in [6.07, 6.45) is 6.93. The largest absolute Gasteiger partial charge is 0.367 e. The van der Waals surface area contributed by atoms with Gasteiger partial charge >= 0.3 is 0 Å². The second-order valence-electron chi connectivity index (χ2n) is 6.72. The zero-order chi connectivity index (χ0) is 19.5. The Kier molecular flexibility index (Phi) is 4.72. The minimum atomic E-state index is -0.170. The van der Waals surface area contributed by atoms with Crippen LogP contribution in [0.2, 0.25) is 0 Å². The molecule has 7 heteroatoms. The highest BCUT2D eigenvalue weighted by Gasteiger charge is 2.11. The molecule has 140 valence electrons. The highest BCUT2D eigenvalue weighted by molar-refractivity contribution is 5.93. The van der Waals surface area contributed by atoms with Crippen molar-refractivity contribution in [1.29, 1.82) is 0 Å². The minimum absolute atomic E-state index is 0.137. The van der Waals surface area contributed by atoms with Gasteiger partial charge in [0, 0.05) is 36.4 Å². The number of hydrogen-bond donors (Lipinski definition) is 3. The second-order valence-corrected chi connectivity index (χ2v) is 6.72. The van der Waals surface area contributed by atoms with E-state index in [1.54, 1.807) is 18.6 Å². The summed E-state index contributed by atoms with van der Waals surface area (Å²) < 4.78 is 0. The van der Waals surface area contributed by atoms with Crippen molar-refractivity contribution in [2.45, 2.75) is 19.9 Å². The Morgan fingerprint density at radius 1 is 1.04 bits per heavy atom. The number of aromatic nitrogens is 4. The third-order valence-electron chi connectivity index (χ3n) is 4.19. The number of fused-ring (bicyclic) bond motifs is 1. The van der Waals surface area contributed by atoms with Crippen molar-refractivity contribution >= 4 is 28.2 Å². The van der Waals surface area contributed by atoms with Gasteiger partial charge in [0.2, 0.25) is 0 Å². The molecule has 0 radical (unpaired) electrons. The fourth-order valence-corrected chi connectivity index (χ4v) is 3.00. The molecule has 0 bridgehead atoms. The van der Waals surface area contributed by atoms with Crippen LogP contribution in [0.15, 0.2) is 66.0 Å². The van der Waals surface area contributed by atoms with Gasteiger partial charge in [0.05, 0.1) is 5.39 Å². The Morgan fingerprint density at radius 3 is 2.71 bits per heavy atom. The Hall–Kier alpha value is -3.74. The van der Waals surface area contributed by atoms with Crippen LogP contribution in [0.1, 0.15) is 13.8 Å². The van der Waals surface area contributed by atoms with Gasteiger partial charge in [-0.05, 0) is 55.1 Å². The van der Waals surface area contributed by atoms with E-state index in [1.165, 1.54) is 0 Å². The van der Waals surface area contributed by atoms with Crippen LogP contribution in [0, 0.1) is 0 Å². The third kappa shape index (κ3) is 3.68. The van der Waals surface area contributed by atoms with Crippen molar-refractivity contribution in [3.63, 3.8) is 0 Å². The number of rotatable bonds is 5. The maximum atomic E-state index is 12.3. The first-order chi connectivity index (χ1) is 13.6. The molecule has 4 heterocycles. The maximum absolute atomic E-state index is 12.3. The summed E-state index contributed by atoms with van der Waals surface area (Å²) in [6.45, 7) is 4.01. The summed E-state index contributed by atoms with van der Waals surface area (Å²) >= 11 is 0. The third-order valence-corrected chi connectivity index (χ3v) is 4.19. The van der Waals surface area contributed by atoms with Gasteiger partial charge in [-0.1, -0.05) is 6.07 Å². The lowest BCUT2D eigenvalue weighted by Crippen LogP contribution is -2.16. The normalized spacial score (nSPS) is 11.0. The molecule has 7 nitrogen and oxygen atoms in total. The lowest BCUT2D eigenvalue weighted by atomic mass is 10.1. The topological polar surface area (TPSA) is 95.6 Å². The number of nitrogens with one attached hydrogen (secondary N) is 3. The van der Waals surface area contributed by atoms with Crippen molar-refractivity contribution in [2.24, 2.45) is 0 Å². The number of H-pyrrole nitrogens is 1. The molecular weight excluding hydrogens is 352 g/mol. The average molecular weight is 372 g/mol. The molecule has 4 aromatic rings. The van der Waals surface area contributed by atoms with Crippen LogP contribution in [0.4, 0.5) is 17.5 Å². The Labute approximate surface area is 161 Å². The van der Waals surface area contributed by atoms with Crippen molar-refractivity contribution in [3.05, 3.63) is 71.5 Å². The maximum Gasteiger partial charge on any atom is 0.259 e. The molecule has 0 saturated carbocycles. The van der Waals surface area contributed by atoms with Crippen LogP contribution >= 0.6 is 0 Å². The van der Waals surface area contributed by atoms with E-state index in [0.717, 1.165) is 16.5 Å². The highest BCUT2D eigenvalue weighted by atomic mass is 16.1. The van der Waals surface area contributed by atoms with E-state index < -0.39 is 0 Å². The van der Waals surface area contributed by atoms with Crippen molar-refractivity contribution in [3.8, 4) is 11.1 Å². The van der Waals surface area contributed by atoms with Gasteiger partial charge in [-0.2, -0.15) is 0 Å². The van der Waals surface area contributed by atoms with Crippen molar-refractivity contribution in [1.82, 2.24) is 19.9 Å². The molecule has 0 spiro atoms. The van der Waals surface area contributed by atoms with E-state index in [-0.39, 0.29) is 11.6 Å². The van der Waals surface area contributed by atoms with Crippen LogP contribution in [0.5, 0.6) is 0 Å². The Morgan fingerprint density at radius 2 is 1.93 bits per heavy atom. The molecule has 0 saturated heterocycles. The summed E-state index contributed by atoms with van der Waals surface area (Å²) in [6, 6.07) is 11.6. The molecule has 0 aromatic carbocycles. The lowest BCUT2D eigenvalue weighted by molar-refractivity contribution is 0.892. The summed E-state index contributed by atoms with van der Waals surface area (Å²) in [7, 11) is 0. The molecule has 4 rings (SSSR count). The van der Waals surface area contributed by atoms with E-state index in [4.69, 9.17) is 0 Å². The van der Waals surface area contributed by atoms with Crippen LogP contribution in [-0.4, -0.2) is 26.0 Å². The average Bonchev–Trinajstić information content (AvgIpc) is 2.68. The van der Waals surface area contributed by atoms with E-state index in [0.29, 0.717) is 22.8 Å². The van der Waals surface area contributed by atoms with Gasteiger partial charge in [0.1, 0.15) is 17.5 Å². The van der Waals surface area contributed by atoms with Gasteiger partial charge in [0.25, 0.3) is 5.56 Å². The van der Waals surface area contributed by atoms with Crippen molar-refractivity contribution < 1.29 is 0 Å². The summed E-state index contributed by atoms with van der Waals surface area (Å²) in [4.78, 5) is 28.1. The molecule has 0 atom stereocenters. The summed E-state index contributed by atoms with van der Waals surface area (Å²) in [5.74, 6) is 1.81. The van der Waals surface area contributed by atoms with Crippen LogP contribution < -0.4 is 16.2 Å². The number of hydrogen-bond acceptors (Lipinski definition) is 6. The Balaban J connectivity index is 1.73. The molecule has 0 fully saturated rings. The lowest BCUT2D eigenvalue weighted by Gasteiger charge is -2.14. The smallest absolute Gasteiger partial charge is 0.259 e. The SMILES string of the molecule is CC(C)Nc1nc(Nc2cc(-c3cccnc3)ccn2)cc2cc[nH]c(=O)c12. The van der Waals surface area contributed by atoms with E-state index in [2.05, 4.69) is 30.6 Å². The number of nitrogens with zero attached hydrogens (tertiary/aromatic N) is 3. The van der Waals surface area contributed by atoms with Gasteiger partial charge < -0.3 is 15.6 Å². The first-order valence-electron chi connectivity index (χ1n) is 9.02. The summed E-state index contributed by atoms with van der Waals surface area (Å²) in [5, 5.41) is 7.84. The van der Waals surface area contributed by atoms with Crippen molar-refractivity contribution in [2.75, 3.05) is 10.6 Å². The Bertz CT molecular complexity index is 1170. The number of anilines is 3. The van der Waals surface area contributed by atoms with Gasteiger partial charge in [0.15, 0.2) is 0 Å². The molecule has 0 amide bonds. The second kappa shape index (κ2) is 7.48. The first kappa shape index (κ1) is 17.7. The molecule has 0 unspecified atom stereocenters. The van der Waals surface area contributed by atoms with E-state index in [1.807, 2.05) is 56.4 Å². The predicted molar refractivity (Wildman–Crippen MR) is 112 cm³/mol. The molecule has 0 aliphatic carbocycles. The molecule has 3 N–H and O–H groups in total. The zero-order valence-electron chi connectivity index (χ0n) is 15.6.